The molecule has 0 spiro atoms. The molecule has 1 aromatic carbocycles. The van der Waals surface area contributed by atoms with E-state index in [1.165, 1.54) is 25.7 Å². The van der Waals surface area contributed by atoms with Crippen molar-refractivity contribution in [3.63, 3.8) is 0 Å². The third-order valence-electron chi connectivity index (χ3n) is 15.1. The molecule has 5 aliphatic rings. The minimum Gasteiger partial charge on any atom is -0.469 e. The topological polar surface area (TPSA) is 52.6 Å². The largest absolute Gasteiger partial charge is 0.469 e. The van der Waals surface area contributed by atoms with Crippen molar-refractivity contribution >= 4 is 11.9 Å². The Bertz CT molecular complexity index is 1300. The molecule has 0 amide bonds. The molecule has 4 saturated carbocycles. The average Bonchev–Trinajstić information content (AvgIpc) is 2.97. The van der Waals surface area contributed by atoms with E-state index in [2.05, 4.69) is 54.5 Å². The molecule has 0 saturated heterocycles. The summed E-state index contributed by atoms with van der Waals surface area (Å²) in [5.74, 6) is 1.48. The zero-order chi connectivity index (χ0) is 31.1. The molecule has 236 valence electrons. The highest BCUT2D eigenvalue weighted by molar-refractivity contribution is 5.77. The van der Waals surface area contributed by atoms with Crippen LogP contribution in [0.4, 0.5) is 0 Å². The van der Waals surface area contributed by atoms with Crippen LogP contribution in [0.2, 0.25) is 0 Å². The molecule has 9 atom stereocenters. The van der Waals surface area contributed by atoms with Crippen LogP contribution in [-0.4, -0.2) is 19.0 Å². The van der Waals surface area contributed by atoms with Gasteiger partial charge >= 0.3 is 11.9 Å². The van der Waals surface area contributed by atoms with Crippen LogP contribution in [0.1, 0.15) is 118 Å². The smallest absolute Gasteiger partial charge is 0.312 e. The van der Waals surface area contributed by atoms with E-state index < -0.39 is 5.41 Å². The fraction of sp³-hybridized carbons (Fsp3) is 0.744. The van der Waals surface area contributed by atoms with Crippen LogP contribution in [-0.2, 0) is 25.7 Å². The molecule has 0 N–H and O–H groups in total. The van der Waals surface area contributed by atoms with Crippen molar-refractivity contribution in [3.05, 3.63) is 47.5 Å². The molecule has 6 rings (SSSR count). The van der Waals surface area contributed by atoms with E-state index >= 15 is 0 Å². The molecule has 0 heterocycles. The Kier molecular flexibility index (Phi) is 7.34. The predicted molar refractivity (Wildman–Crippen MR) is 171 cm³/mol. The average molecular weight is 589 g/mol. The van der Waals surface area contributed by atoms with Crippen LogP contribution in [0.25, 0.3) is 0 Å². The molecule has 3 unspecified atom stereocenters. The second-order valence-electron chi connectivity index (χ2n) is 17.3. The van der Waals surface area contributed by atoms with Crippen molar-refractivity contribution in [1.29, 1.82) is 0 Å². The predicted octanol–water partition coefficient (Wildman–Crippen LogP) is 9.32. The lowest BCUT2D eigenvalue weighted by molar-refractivity contribution is -0.199. The molecule has 4 nitrogen and oxygen atoms in total. The fourth-order valence-corrected chi connectivity index (χ4v) is 12.0. The van der Waals surface area contributed by atoms with Crippen LogP contribution in [0.15, 0.2) is 42.0 Å². The lowest BCUT2D eigenvalue weighted by Crippen LogP contribution is -2.64. The lowest BCUT2D eigenvalue weighted by Gasteiger charge is -2.71. The molecule has 0 radical (unpaired) electrons. The van der Waals surface area contributed by atoms with Gasteiger partial charge in [0.1, 0.15) is 6.61 Å². The highest BCUT2D eigenvalue weighted by Crippen LogP contribution is 2.76. The summed E-state index contributed by atoms with van der Waals surface area (Å²) in [6, 6.07) is 10.1. The van der Waals surface area contributed by atoms with E-state index in [0.717, 1.165) is 44.1 Å². The van der Waals surface area contributed by atoms with E-state index in [-0.39, 0.29) is 44.9 Å². The molecule has 5 aliphatic carbocycles. The van der Waals surface area contributed by atoms with Gasteiger partial charge in [-0.15, -0.1) is 0 Å². The highest BCUT2D eigenvalue weighted by Gasteiger charge is 2.68. The number of rotatable bonds is 4. The van der Waals surface area contributed by atoms with Gasteiger partial charge in [0.05, 0.1) is 18.4 Å². The van der Waals surface area contributed by atoms with Gasteiger partial charge in [-0.3, -0.25) is 9.59 Å². The number of esters is 2. The Balaban J connectivity index is 1.29. The molecule has 4 fully saturated rings. The van der Waals surface area contributed by atoms with Gasteiger partial charge in [-0.1, -0.05) is 83.5 Å². The first kappa shape index (κ1) is 30.9. The summed E-state index contributed by atoms with van der Waals surface area (Å²) in [4.78, 5) is 26.5. The maximum atomic E-state index is 13.7. The Labute approximate surface area is 260 Å². The Morgan fingerprint density at radius 1 is 0.837 bits per heavy atom. The van der Waals surface area contributed by atoms with Crippen LogP contribution < -0.4 is 0 Å². The number of hydrogen-bond acceptors (Lipinski definition) is 4. The van der Waals surface area contributed by atoms with Gasteiger partial charge < -0.3 is 9.47 Å². The Morgan fingerprint density at radius 3 is 2.23 bits per heavy atom. The number of methoxy groups -OCH3 is 1. The van der Waals surface area contributed by atoms with Gasteiger partial charge in [-0.05, 0) is 122 Å². The number of ether oxygens (including phenoxy) is 2. The van der Waals surface area contributed by atoms with Gasteiger partial charge in [0.25, 0.3) is 0 Å². The first-order valence-corrected chi connectivity index (χ1v) is 17.1. The summed E-state index contributed by atoms with van der Waals surface area (Å²) in [5, 5.41) is 0. The number of hydrogen-bond donors (Lipinski definition) is 0. The van der Waals surface area contributed by atoms with Crippen LogP contribution in [0, 0.1) is 56.2 Å². The number of allylic oxidation sites excluding steroid dienone is 2. The highest BCUT2D eigenvalue weighted by atomic mass is 16.5. The third kappa shape index (κ3) is 4.42. The van der Waals surface area contributed by atoms with Gasteiger partial charge in [0, 0.05) is 0 Å². The zero-order valence-electron chi connectivity index (χ0n) is 28.2. The zero-order valence-corrected chi connectivity index (χ0v) is 28.2. The molecule has 0 aliphatic heterocycles. The lowest BCUT2D eigenvalue weighted by atomic mass is 9.33. The minimum absolute atomic E-state index is 0.0119. The summed E-state index contributed by atoms with van der Waals surface area (Å²) < 4.78 is 11.3. The normalized spacial score (nSPS) is 44.9. The van der Waals surface area contributed by atoms with Crippen molar-refractivity contribution in [2.45, 2.75) is 119 Å². The third-order valence-corrected chi connectivity index (χ3v) is 15.1. The van der Waals surface area contributed by atoms with E-state index in [9.17, 15) is 9.59 Å². The Morgan fingerprint density at radius 2 is 1.53 bits per heavy atom. The van der Waals surface area contributed by atoms with Crippen LogP contribution >= 0.6 is 0 Å². The quantitative estimate of drug-likeness (QED) is 0.260. The van der Waals surface area contributed by atoms with E-state index in [1.54, 1.807) is 12.7 Å². The van der Waals surface area contributed by atoms with E-state index in [4.69, 9.17) is 9.47 Å². The Hall–Kier alpha value is -2.10. The molecule has 1 aromatic rings. The first-order valence-electron chi connectivity index (χ1n) is 17.1. The first-order chi connectivity index (χ1) is 20.1. The summed E-state index contributed by atoms with van der Waals surface area (Å²) in [5.41, 5.74) is 2.98. The van der Waals surface area contributed by atoms with Gasteiger partial charge in [-0.25, -0.2) is 0 Å². The van der Waals surface area contributed by atoms with E-state index in [1.807, 2.05) is 30.3 Å². The monoisotopic (exact) mass is 588 g/mol. The van der Waals surface area contributed by atoms with Crippen molar-refractivity contribution in [2.75, 3.05) is 7.11 Å². The van der Waals surface area contributed by atoms with Crippen molar-refractivity contribution in [3.8, 4) is 0 Å². The van der Waals surface area contributed by atoms with Crippen molar-refractivity contribution in [1.82, 2.24) is 0 Å². The maximum Gasteiger partial charge on any atom is 0.312 e. The number of benzene rings is 1. The van der Waals surface area contributed by atoms with Crippen LogP contribution in [0.3, 0.4) is 0 Å². The number of carbonyl (C=O) groups excluding carboxylic acids is 2. The summed E-state index contributed by atoms with van der Waals surface area (Å²) in [7, 11) is 1.55. The molecule has 4 heteroatoms. The standard InChI is InChI=1S/C39H56O4/c1-34(2)28(32(40)42-8)16-18-37(5)30(34)17-19-39(7)31(37)15-14-27-29-24-36(4,21-20-35(29,3)22-23-38(27,39)6)33(41)43-25-26-12-10-9-11-13-26/h9-14,28-31H,15-25H2,1-8H3/t28-,29?,30?,31?,35-,36+,37+,38-,39-/m1/s1. The molecular formula is C39H56O4. The number of carbonyl (C=O) groups is 2. The number of fused-ring (bicyclic) bond motifs is 7. The molecular weight excluding hydrogens is 532 g/mol. The fourth-order valence-electron chi connectivity index (χ4n) is 12.0. The summed E-state index contributed by atoms with van der Waals surface area (Å²) in [6.07, 6.45) is 13.6. The SMILES string of the molecule is COC(=O)[C@H]1CC[C@@]2(C)C(CC[C@]3(C)C2CC=C2C4C[C@@](C)(C(=O)OCc5ccccc5)CC[C@]4(C)CC[C@]23C)C1(C)C. The second-order valence-corrected chi connectivity index (χ2v) is 17.3. The summed E-state index contributed by atoms with van der Waals surface area (Å²) in [6.45, 7) is 17.5. The van der Waals surface area contributed by atoms with Gasteiger partial charge in [0.15, 0.2) is 0 Å². The van der Waals surface area contributed by atoms with E-state index in [0.29, 0.717) is 24.4 Å². The maximum absolute atomic E-state index is 13.7. The molecule has 0 aromatic heterocycles. The van der Waals surface area contributed by atoms with Crippen molar-refractivity contribution in [2.24, 2.45) is 56.2 Å². The minimum atomic E-state index is -0.449. The molecule has 0 bridgehead atoms. The second kappa shape index (κ2) is 10.2. The summed E-state index contributed by atoms with van der Waals surface area (Å²) >= 11 is 0. The molecule has 43 heavy (non-hydrogen) atoms. The van der Waals surface area contributed by atoms with Gasteiger partial charge in [0.2, 0.25) is 0 Å². The van der Waals surface area contributed by atoms with Crippen molar-refractivity contribution < 1.29 is 19.1 Å². The van der Waals surface area contributed by atoms with Crippen LogP contribution in [0.5, 0.6) is 0 Å². The van der Waals surface area contributed by atoms with Gasteiger partial charge in [-0.2, -0.15) is 0 Å².